The van der Waals surface area contributed by atoms with Crippen LogP contribution in [0.15, 0.2) is 0 Å². The van der Waals surface area contributed by atoms with E-state index in [0.29, 0.717) is 5.78 Å². The SMILES string of the molecule is CC(CCCN(C)C)C(=O)C12CC3CC(CC(C3)C1)C2. The standard InChI is InChI=1S/C18H31NO/c1-13(5-4-6-19(2)3)17(20)18-10-14-7-15(11-18)9-16(8-14)12-18/h13-16H,4-12H2,1-3H3. The lowest BCUT2D eigenvalue weighted by molar-refractivity contribution is -0.147. The van der Waals surface area contributed by atoms with Gasteiger partial charge in [-0.15, -0.1) is 0 Å². The molecule has 4 aliphatic rings. The lowest BCUT2D eigenvalue weighted by Gasteiger charge is -2.56. The molecule has 4 rings (SSSR count). The van der Waals surface area contributed by atoms with Crippen LogP contribution >= 0.6 is 0 Å². The molecule has 0 aliphatic heterocycles. The minimum Gasteiger partial charge on any atom is -0.309 e. The number of hydrogen-bond acceptors (Lipinski definition) is 2. The van der Waals surface area contributed by atoms with Gasteiger partial charge >= 0.3 is 0 Å². The van der Waals surface area contributed by atoms with Crippen molar-refractivity contribution in [3.8, 4) is 0 Å². The first kappa shape index (κ1) is 14.6. The summed E-state index contributed by atoms with van der Waals surface area (Å²) in [6.07, 6.45) is 10.2. The van der Waals surface area contributed by atoms with Crippen LogP contribution in [0.5, 0.6) is 0 Å². The average molecular weight is 277 g/mol. The Morgan fingerprint density at radius 3 is 2.05 bits per heavy atom. The lowest BCUT2D eigenvalue weighted by atomic mass is 9.47. The van der Waals surface area contributed by atoms with Gasteiger partial charge in [0, 0.05) is 11.3 Å². The van der Waals surface area contributed by atoms with Crippen LogP contribution in [0, 0.1) is 29.1 Å². The van der Waals surface area contributed by atoms with E-state index in [-0.39, 0.29) is 11.3 Å². The zero-order chi connectivity index (χ0) is 14.3. The Hall–Kier alpha value is -0.370. The molecule has 0 spiro atoms. The summed E-state index contributed by atoms with van der Waals surface area (Å²) in [4.78, 5) is 15.3. The molecule has 4 bridgehead atoms. The van der Waals surface area contributed by atoms with Crippen LogP contribution < -0.4 is 0 Å². The van der Waals surface area contributed by atoms with Gasteiger partial charge < -0.3 is 4.90 Å². The normalized spacial score (nSPS) is 40.3. The Balaban J connectivity index is 1.61. The molecule has 4 fully saturated rings. The van der Waals surface area contributed by atoms with Gasteiger partial charge in [-0.1, -0.05) is 6.92 Å². The fraction of sp³-hybridized carbons (Fsp3) is 0.944. The van der Waals surface area contributed by atoms with E-state index in [2.05, 4.69) is 25.9 Å². The number of nitrogens with zero attached hydrogens (tertiary/aromatic N) is 1. The van der Waals surface area contributed by atoms with Gasteiger partial charge in [-0.25, -0.2) is 0 Å². The lowest BCUT2D eigenvalue weighted by Crippen LogP contribution is -2.51. The van der Waals surface area contributed by atoms with Gasteiger partial charge in [0.25, 0.3) is 0 Å². The Bertz CT molecular complexity index is 338. The summed E-state index contributed by atoms with van der Waals surface area (Å²) < 4.78 is 0. The number of carbonyl (C=O) groups is 1. The predicted octanol–water partition coefficient (Wildman–Crippen LogP) is 3.75. The van der Waals surface area contributed by atoms with Crippen molar-refractivity contribution in [1.82, 2.24) is 4.90 Å². The van der Waals surface area contributed by atoms with Crippen LogP contribution in [-0.4, -0.2) is 31.3 Å². The molecular weight excluding hydrogens is 246 g/mol. The number of ketones is 1. The summed E-state index contributed by atoms with van der Waals surface area (Å²) >= 11 is 0. The van der Waals surface area contributed by atoms with Gasteiger partial charge in [0.1, 0.15) is 5.78 Å². The molecule has 4 aliphatic carbocycles. The number of hydrogen-bond donors (Lipinski definition) is 0. The molecule has 0 N–H and O–H groups in total. The average Bonchev–Trinajstić information content (AvgIpc) is 2.35. The highest BCUT2D eigenvalue weighted by molar-refractivity contribution is 5.87. The maximum absolute atomic E-state index is 13.1. The molecule has 20 heavy (non-hydrogen) atoms. The third kappa shape index (κ3) is 2.68. The molecule has 1 unspecified atom stereocenters. The third-order valence-corrected chi connectivity index (χ3v) is 6.25. The second-order valence-electron chi connectivity index (χ2n) is 8.41. The quantitative estimate of drug-likeness (QED) is 0.737. The van der Waals surface area contributed by atoms with Crippen molar-refractivity contribution in [2.24, 2.45) is 29.1 Å². The molecular formula is C18H31NO. The zero-order valence-electron chi connectivity index (χ0n) is 13.5. The Morgan fingerprint density at radius 1 is 1.10 bits per heavy atom. The van der Waals surface area contributed by atoms with Crippen LogP contribution in [0.25, 0.3) is 0 Å². The van der Waals surface area contributed by atoms with Crippen LogP contribution in [0.4, 0.5) is 0 Å². The smallest absolute Gasteiger partial charge is 0.141 e. The first-order valence-corrected chi connectivity index (χ1v) is 8.67. The van der Waals surface area contributed by atoms with Crippen molar-refractivity contribution in [3.63, 3.8) is 0 Å². The second-order valence-corrected chi connectivity index (χ2v) is 8.41. The first-order valence-electron chi connectivity index (χ1n) is 8.67. The topological polar surface area (TPSA) is 20.3 Å². The molecule has 114 valence electrons. The molecule has 2 heteroatoms. The molecule has 0 aromatic rings. The van der Waals surface area contributed by atoms with Gasteiger partial charge in [0.2, 0.25) is 0 Å². The summed E-state index contributed by atoms with van der Waals surface area (Å²) in [5.74, 6) is 3.58. The molecule has 4 saturated carbocycles. The van der Waals surface area contributed by atoms with Gasteiger partial charge in [-0.05, 0) is 89.8 Å². The maximum Gasteiger partial charge on any atom is 0.141 e. The van der Waals surface area contributed by atoms with E-state index in [1.165, 1.54) is 38.5 Å². The van der Waals surface area contributed by atoms with E-state index < -0.39 is 0 Å². The highest BCUT2D eigenvalue weighted by Crippen LogP contribution is 2.61. The van der Waals surface area contributed by atoms with Crippen LogP contribution in [0.1, 0.15) is 58.3 Å². The van der Waals surface area contributed by atoms with Crippen molar-refractivity contribution in [3.05, 3.63) is 0 Å². The molecule has 2 nitrogen and oxygen atoms in total. The Morgan fingerprint density at radius 2 is 1.60 bits per heavy atom. The fourth-order valence-electron chi connectivity index (χ4n) is 5.78. The predicted molar refractivity (Wildman–Crippen MR) is 82.6 cm³/mol. The van der Waals surface area contributed by atoms with Crippen molar-refractivity contribution >= 4 is 5.78 Å². The minimum absolute atomic E-state index is 0.117. The van der Waals surface area contributed by atoms with Crippen molar-refractivity contribution in [2.45, 2.75) is 58.3 Å². The summed E-state index contributed by atoms with van der Waals surface area (Å²) in [5.41, 5.74) is 0.117. The first-order chi connectivity index (χ1) is 9.48. The summed E-state index contributed by atoms with van der Waals surface area (Å²) in [7, 11) is 4.23. The summed E-state index contributed by atoms with van der Waals surface area (Å²) in [6.45, 7) is 3.30. The molecule has 0 aromatic carbocycles. The van der Waals surface area contributed by atoms with Gasteiger partial charge in [-0.3, -0.25) is 4.79 Å². The largest absolute Gasteiger partial charge is 0.309 e. The zero-order valence-corrected chi connectivity index (χ0v) is 13.5. The molecule has 1 atom stereocenters. The number of Topliss-reactive ketones (excluding diaryl/α,β-unsaturated/α-hetero) is 1. The number of rotatable bonds is 6. The van der Waals surface area contributed by atoms with E-state index in [1.807, 2.05) is 0 Å². The van der Waals surface area contributed by atoms with Gasteiger partial charge in [0.05, 0.1) is 0 Å². The maximum atomic E-state index is 13.1. The van der Waals surface area contributed by atoms with Crippen molar-refractivity contribution in [1.29, 1.82) is 0 Å². The molecule has 0 heterocycles. The second kappa shape index (κ2) is 5.44. The monoisotopic (exact) mass is 277 g/mol. The highest BCUT2D eigenvalue weighted by atomic mass is 16.1. The van der Waals surface area contributed by atoms with Crippen molar-refractivity contribution < 1.29 is 4.79 Å². The fourth-order valence-corrected chi connectivity index (χ4v) is 5.78. The van der Waals surface area contributed by atoms with E-state index in [0.717, 1.165) is 37.1 Å². The molecule has 0 saturated heterocycles. The molecule has 0 radical (unpaired) electrons. The highest BCUT2D eigenvalue weighted by Gasteiger charge is 2.54. The summed E-state index contributed by atoms with van der Waals surface area (Å²) in [5, 5.41) is 0. The van der Waals surface area contributed by atoms with Gasteiger partial charge in [0.15, 0.2) is 0 Å². The van der Waals surface area contributed by atoms with Crippen LogP contribution in [0.3, 0.4) is 0 Å². The van der Waals surface area contributed by atoms with Gasteiger partial charge in [-0.2, -0.15) is 0 Å². The van der Waals surface area contributed by atoms with Crippen molar-refractivity contribution in [2.75, 3.05) is 20.6 Å². The third-order valence-electron chi connectivity index (χ3n) is 6.25. The Labute approximate surface area is 124 Å². The van der Waals surface area contributed by atoms with Crippen LogP contribution in [-0.2, 0) is 4.79 Å². The van der Waals surface area contributed by atoms with E-state index in [9.17, 15) is 4.79 Å². The number of carbonyl (C=O) groups excluding carboxylic acids is 1. The van der Waals surface area contributed by atoms with E-state index in [1.54, 1.807) is 0 Å². The molecule has 0 aromatic heterocycles. The van der Waals surface area contributed by atoms with E-state index in [4.69, 9.17) is 0 Å². The Kier molecular flexibility index (Phi) is 3.96. The minimum atomic E-state index is 0.117. The van der Waals surface area contributed by atoms with E-state index >= 15 is 0 Å². The molecule has 0 amide bonds. The van der Waals surface area contributed by atoms with Crippen LogP contribution in [0.2, 0.25) is 0 Å². The summed E-state index contributed by atoms with van der Waals surface area (Å²) in [6, 6.07) is 0.